The summed E-state index contributed by atoms with van der Waals surface area (Å²) in [6, 6.07) is 44.1. The van der Waals surface area contributed by atoms with Gasteiger partial charge in [0, 0.05) is 31.3 Å². The van der Waals surface area contributed by atoms with Gasteiger partial charge in [0.25, 0.3) is 11.8 Å². The highest BCUT2D eigenvalue weighted by atomic mass is 16.5. The number of imide groups is 1. The minimum atomic E-state index is -0.282. The van der Waals surface area contributed by atoms with E-state index in [1.165, 1.54) is 4.90 Å². The fraction of sp³-hybridized carbons (Fsp3) is 0.0638. The number of nitrogens with zero attached hydrogens (tertiary/aromatic N) is 7. The van der Waals surface area contributed by atoms with Crippen molar-refractivity contribution in [2.24, 2.45) is 0 Å². The molecule has 2 aromatic carbocycles. The number of pyridine rings is 6. The third-order valence-electron chi connectivity index (χ3n) is 9.61. The van der Waals surface area contributed by atoms with Gasteiger partial charge in [0.1, 0.15) is 5.75 Å². The quantitative estimate of drug-likeness (QED) is 0.0943. The van der Waals surface area contributed by atoms with E-state index < -0.39 is 0 Å². The highest BCUT2D eigenvalue weighted by Crippen LogP contribution is 2.37. The Balaban J connectivity index is 1.13. The van der Waals surface area contributed by atoms with Gasteiger partial charge in [-0.15, -0.1) is 0 Å². The topological polar surface area (TPSA) is 124 Å². The molecule has 10 nitrogen and oxygen atoms in total. The molecular formula is C47H33N7O3. The molecule has 57 heavy (non-hydrogen) atoms. The number of rotatable bonds is 11. The van der Waals surface area contributed by atoms with Gasteiger partial charge in [0.05, 0.1) is 63.3 Å². The zero-order chi connectivity index (χ0) is 38.6. The molecule has 0 spiro atoms. The Hall–Kier alpha value is -7.72. The predicted octanol–water partition coefficient (Wildman–Crippen LogP) is 9.12. The fourth-order valence-corrected chi connectivity index (χ4v) is 6.85. The van der Waals surface area contributed by atoms with Crippen molar-refractivity contribution in [3.8, 4) is 73.6 Å². The van der Waals surface area contributed by atoms with Gasteiger partial charge in [0.2, 0.25) is 0 Å². The minimum absolute atomic E-state index is 0.231. The lowest BCUT2D eigenvalue weighted by Gasteiger charge is -2.16. The lowest BCUT2D eigenvalue weighted by Crippen LogP contribution is -2.31. The summed E-state index contributed by atoms with van der Waals surface area (Å²) < 4.78 is 6.47. The van der Waals surface area contributed by atoms with Crippen LogP contribution >= 0.6 is 0 Å². The van der Waals surface area contributed by atoms with Gasteiger partial charge >= 0.3 is 0 Å². The van der Waals surface area contributed by atoms with E-state index in [0.717, 1.165) is 45.0 Å². The minimum Gasteiger partial charge on any atom is -0.493 e. The average Bonchev–Trinajstić information content (AvgIpc) is 3.53. The molecule has 0 saturated heterocycles. The normalized spacial score (nSPS) is 12.1. The van der Waals surface area contributed by atoms with Crippen LogP contribution in [0.25, 0.3) is 67.8 Å². The molecule has 0 saturated carbocycles. The molecule has 0 fully saturated rings. The van der Waals surface area contributed by atoms with Crippen LogP contribution in [-0.4, -0.2) is 59.8 Å². The standard InChI is InChI=1S/C47H33N7O3/c55-46-36-12-1-2-13-37(36)47(56)54(46)22-11-23-57-35-25-31(33-27-42(38-14-3-7-18-48-38)52-43(28-33)39-15-4-8-19-49-39)24-32(26-35)34-29-44(40-16-5-9-20-50-40)53-45(30-34)41-17-6-10-21-51-41/h1-10,12-21,24-30H,11,22-23H2. The van der Waals surface area contributed by atoms with Crippen molar-refractivity contribution in [2.45, 2.75) is 6.42 Å². The zero-order valence-electron chi connectivity index (χ0n) is 30.6. The second kappa shape index (κ2) is 15.6. The van der Waals surface area contributed by atoms with Crippen LogP contribution in [0.2, 0.25) is 0 Å². The van der Waals surface area contributed by atoms with Gasteiger partial charge in [0.15, 0.2) is 0 Å². The van der Waals surface area contributed by atoms with Gasteiger partial charge in [-0.2, -0.15) is 0 Å². The molecule has 0 atom stereocenters. The molecule has 10 heteroatoms. The van der Waals surface area contributed by atoms with Crippen molar-refractivity contribution >= 4 is 11.8 Å². The van der Waals surface area contributed by atoms with E-state index in [2.05, 4.69) is 26.0 Å². The highest BCUT2D eigenvalue weighted by Gasteiger charge is 2.34. The maximum atomic E-state index is 13.0. The molecule has 0 N–H and O–H groups in total. The predicted molar refractivity (Wildman–Crippen MR) is 218 cm³/mol. The van der Waals surface area contributed by atoms with E-state index in [9.17, 15) is 9.59 Å². The second-order valence-corrected chi connectivity index (χ2v) is 13.4. The van der Waals surface area contributed by atoms with Crippen LogP contribution in [0.4, 0.5) is 0 Å². The largest absolute Gasteiger partial charge is 0.493 e. The molecule has 2 amide bonds. The Morgan fingerprint density at radius 2 is 0.789 bits per heavy atom. The third kappa shape index (κ3) is 7.39. The molecule has 0 unspecified atom stereocenters. The molecule has 1 aliphatic heterocycles. The van der Waals surface area contributed by atoms with Crippen molar-refractivity contribution in [2.75, 3.05) is 13.2 Å². The molecule has 274 valence electrons. The van der Waals surface area contributed by atoms with Gasteiger partial charge in [-0.05, 0) is 132 Å². The van der Waals surface area contributed by atoms with Crippen molar-refractivity contribution in [3.05, 3.63) is 175 Å². The lowest BCUT2D eigenvalue weighted by molar-refractivity contribution is 0.0646. The molecule has 7 heterocycles. The molecule has 6 aromatic heterocycles. The summed E-state index contributed by atoms with van der Waals surface area (Å²) in [5.74, 6) is 0.0428. The number of ether oxygens (including phenoxy) is 1. The molecule has 0 bridgehead atoms. The van der Waals surface area contributed by atoms with Crippen LogP contribution in [0.15, 0.2) is 164 Å². The maximum absolute atomic E-state index is 13.0. The van der Waals surface area contributed by atoms with Crippen LogP contribution in [0.1, 0.15) is 27.1 Å². The van der Waals surface area contributed by atoms with E-state index in [-0.39, 0.29) is 25.0 Å². The summed E-state index contributed by atoms with van der Waals surface area (Å²) in [6.07, 6.45) is 7.44. The van der Waals surface area contributed by atoms with E-state index in [4.69, 9.17) is 14.7 Å². The number of benzene rings is 2. The zero-order valence-corrected chi connectivity index (χ0v) is 30.6. The monoisotopic (exact) mass is 743 g/mol. The first kappa shape index (κ1) is 35.0. The summed E-state index contributed by atoms with van der Waals surface area (Å²) in [5.41, 5.74) is 10.1. The highest BCUT2D eigenvalue weighted by molar-refractivity contribution is 6.21. The van der Waals surface area contributed by atoms with Crippen LogP contribution in [-0.2, 0) is 0 Å². The van der Waals surface area contributed by atoms with Crippen molar-refractivity contribution in [1.29, 1.82) is 0 Å². The van der Waals surface area contributed by atoms with Crippen LogP contribution < -0.4 is 4.74 Å². The number of carbonyl (C=O) groups excluding carboxylic acids is 2. The number of hydrogen-bond donors (Lipinski definition) is 0. The van der Waals surface area contributed by atoms with Crippen molar-refractivity contribution in [1.82, 2.24) is 34.8 Å². The number of amides is 2. The summed E-state index contributed by atoms with van der Waals surface area (Å²) in [6.45, 7) is 0.495. The van der Waals surface area contributed by atoms with Crippen LogP contribution in [0.5, 0.6) is 5.75 Å². The molecule has 0 radical (unpaired) electrons. The first-order chi connectivity index (χ1) is 28.1. The average molecular weight is 744 g/mol. The van der Waals surface area contributed by atoms with Crippen LogP contribution in [0.3, 0.4) is 0 Å². The number of fused-ring (bicyclic) bond motifs is 1. The second-order valence-electron chi connectivity index (χ2n) is 13.4. The molecule has 1 aliphatic rings. The van der Waals surface area contributed by atoms with Crippen molar-refractivity contribution < 1.29 is 14.3 Å². The smallest absolute Gasteiger partial charge is 0.261 e. The first-order valence-electron chi connectivity index (χ1n) is 18.5. The summed E-state index contributed by atoms with van der Waals surface area (Å²) >= 11 is 0. The maximum Gasteiger partial charge on any atom is 0.261 e. The summed E-state index contributed by atoms with van der Waals surface area (Å²) in [7, 11) is 0. The first-order valence-corrected chi connectivity index (χ1v) is 18.5. The van der Waals surface area contributed by atoms with Crippen LogP contribution in [0, 0.1) is 0 Å². The SMILES string of the molecule is O=C1c2ccccc2C(=O)N1CCCOc1cc(-c2cc(-c3ccccn3)nc(-c3ccccn3)c2)cc(-c2cc(-c3ccccn3)nc(-c3ccccn3)c2)c1. The van der Waals surface area contributed by atoms with E-state index in [1.54, 1.807) is 49.1 Å². The lowest BCUT2D eigenvalue weighted by atomic mass is 9.96. The molecular weight excluding hydrogens is 711 g/mol. The Morgan fingerprint density at radius 1 is 0.421 bits per heavy atom. The number of aromatic nitrogens is 6. The van der Waals surface area contributed by atoms with Crippen molar-refractivity contribution in [3.63, 3.8) is 0 Å². The molecule has 8 aromatic rings. The number of hydrogen-bond acceptors (Lipinski definition) is 9. The van der Waals surface area contributed by atoms with Gasteiger partial charge in [-0.25, -0.2) is 9.97 Å². The number of carbonyl (C=O) groups is 2. The van der Waals surface area contributed by atoms with Gasteiger partial charge in [-0.3, -0.25) is 34.4 Å². The summed E-state index contributed by atoms with van der Waals surface area (Å²) in [4.78, 5) is 55.7. The Labute approximate surface area is 328 Å². The third-order valence-corrected chi connectivity index (χ3v) is 9.61. The van der Waals surface area contributed by atoms with E-state index in [0.29, 0.717) is 46.1 Å². The Morgan fingerprint density at radius 3 is 1.16 bits per heavy atom. The van der Waals surface area contributed by atoms with E-state index >= 15 is 0 Å². The molecule has 9 rings (SSSR count). The summed E-state index contributed by atoms with van der Waals surface area (Å²) in [5, 5.41) is 0. The van der Waals surface area contributed by atoms with Gasteiger partial charge < -0.3 is 4.74 Å². The van der Waals surface area contributed by atoms with E-state index in [1.807, 2.05) is 109 Å². The molecule has 0 aliphatic carbocycles. The Bertz CT molecular complexity index is 2440. The van der Waals surface area contributed by atoms with Gasteiger partial charge in [-0.1, -0.05) is 36.4 Å². The fourth-order valence-electron chi connectivity index (χ4n) is 6.85. The Kier molecular flexibility index (Phi) is 9.56.